The number of carbonyl (C=O) groups is 1. The molecule has 5 nitrogen and oxygen atoms in total. The molecule has 0 amide bonds. The molecule has 1 heterocycles. The van der Waals surface area contributed by atoms with E-state index < -0.39 is 37.7 Å². The molecule has 0 aromatic rings. The molecule has 0 aromatic carbocycles. The molecule has 2 fully saturated rings. The molecule has 0 aromatic heterocycles. The molecular weight excluding hydrogens is 280 g/mol. The number of aliphatic carboxylic acids is 1. The van der Waals surface area contributed by atoms with E-state index in [9.17, 15) is 13.2 Å². The van der Waals surface area contributed by atoms with Crippen molar-refractivity contribution in [1.29, 1.82) is 0 Å². The summed E-state index contributed by atoms with van der Waals surface area (Å²) in [6.45, 7) is 7.41. The lowest BCUT2D eigenvalue weighted by Crippen LogP contribution is -2.41. The van der Waals surface area contributed by atoms with Crippen molar-refractivity contribution in [2.75, 3.05) is 5.75 Å². The molecule has 1 unspecified atom stereocenters. The van der Waals surface area contributed by atoms with Gasteiger partial charge in [0.1, 0.15) is 0 Å². The first kappa shape index (κ1) is 15.8. The van der Waals surface area contributed by atoms with Crippen LogP contribution in [0.1, 0.15) is 53.4 Å². The van der Waals surface area contributed by atoms with Crippen LogP contribution >= 0.6 is 0 Å². The lowest BCUT2D eigenvalue weighted by Gasteiger charge is -2.28. The Kier molecular flexibility index (Phi) is 3.50. The fourth-order valence-corrected chi connectivity index (χ4v) is 6.48. The Morgan fingerprint density at radius 3 is 2.15 bits per heavy atom. The second kappa shape index (κ2) is 4.44. The van der Waals surface area contributed by atoms with Crippen molar-refractivity contribution >= 4 is 15.8 Å². The van der Waals surface area contributed by atoms with Gasteiger partial charge in [0.15, 0.2) is 9.84 Å². The minimum Gasteiger partial charge on any atom is -0.481 e. The lowest BCUT2D eigenvalue weighted by atomic mass is 10.0. The summed E-state index contributed by atoms with van der Waals surface area (Å²) in [6, 6.07) is 0. The molecule has 1 saturated heterocycles. The number of ether oxygens (including phenoxy) is 1. The lowest BCUT2D eigenvalue weighted by molar-refractivity contribution is -0.138. The fraction of sp³-hybridized carbons (Fsp3) is 0.929. The van der Waals surface area contributed by atoms with Crippen LogP contribution in [0, 0.1) is 5.41 Å². The highest BCUT2D eigenvalue weighted by Crippen LogP contribution is 2.52. The van der Waals surface area contributed by atoms with Crippen LogP contribution in [0.4, 0.5) is 0 Å². The van der Waals surface area contributed by atoms with Crippen LogP contribution in [-0.2, 0) is 19.4 Å². The first-order valence-electron chi connectivity index (χ1n) is 7.01. The summed E-state index contributed by atoms with van der Waals surface area (Å²) in [5.41, 5.74) is -1.71. The molecule has 2 rings (SSSR count). The Hall–Kier alpha value is -0.620. The number of rotatable bonds is 5. The Morgan fingerprint density at radius 1 is 1.25 bits per heavy atom. The van der Waals surface area contributed by atoms with Crippen molar-refractivity contribution < 1.29 is 23.1 Å². The van der Waals surface area contributed by atoms with Crippen molar-refractivity contribution in [2.45, 2.75) is 69.8 Å². The van der Waals surface area contributed by atoms with Gasteiger partial charge >= 0.3 is 5.97 Å². The van der Waals surface area contributed by atoms with Gasteiger partial charge in [-0.15, -0.1) is 0 Å². The van der Waals surface area contributed by atoms with Crippen molar-refractivity contribution in [2.24, 2.45) is 5.41 Å². The number of sulfone groups is 1. The first-order chi connectivity index (χ1) is 8.88. The summed E-state index contributed by atoms with van der Waals surface area (Å²) < 4.78 is 31.3. The van der Waals surface area contributed by atoms with Crippen LogP contribution in [0.25, 0.3) is 0 Å². The summed E-state index contributed by atoms with van der Waals surface area (Å²) in [5.74, 6) is -0.945. The van der Waals surface area contributed by atoms with Gasteiger partial charge in [-0.3, -0.25) is 4.79 Å². The zero-order valence-electron chi connectivity index (χ0n) is 12.6. The predicted molar refractivity (Wildman–Crippen MR) is 75.4 cm³/mol. The summed E-state index contributed by atoms with van der Waals surface area (Å²) in [7, 11) is -3.37. The highest BCUT2D eigenvalue weighted by molar-refractivity contribution is 7.92. The van der Waals surface area contributed by atoms with Gasteiger partial charge in [0, 0.05) is 0 Å². The molecule has 0 spiro atoms. The highest BCUT2D eigenvalue weighted by atomic mass is 32.2. The third kappa shape index (κ3) is 3.17. The van der Waals surface area contributed by atoms with Gasteiger partial charge in [-0.1, -0.05) is 0 Å². The van der Waals surface area contributed by atoms with Crippen LogP contribution in [-0.4, -0.2) is 41.7 Å². The van der Waals surface area contributed by atoms with E-state index >= 15 is 0 Å². The largest absolute Gasteiger partial charge is 0.481 e. The third-order valence-electron chi connectivity index (χ3n) is 4.42. The molecule has 1 aliphatic heterocycles. The Bertz CT molecular complexity index is 514. The molecule has 6 heteroatoms. The number of hydrogen-bond donors (Lipinski definition) is 1. The molecule has 20 heavy (non-hydrogen) atoms. The van der Waals surface area contributed by atoms with Gasteiger partial charge in [-0.05, 0) is 52.4 Å². The third-order valence-corrected chi connectivity index (χ3v) is 7.03. The molecule has 0 bridgehead atoms. The van der Waals surface area contributed by atoms with Gasteiger partial charge in [0.2, 0.25) is 0 Å². The van der Waals surface area contributed by atoms with Gasteiger partial charge < -0.3 is 9.84 Å². The molecule has 1 aliphatic carbocycles. The molecule has 0 radical (unpaired) electrons. The maximum atomic E-state index is 12.7. The van der Waals surface area contributed by atoms with E-state index in [1.54, 1.807) is 13.8 Å². The standard InChI is InChI=1S/C14H24O5S/c1-12(2)7-10(13(3,4)19-12)20(17,18)9-14(5-6-14)8-11(15)16/h10H,5-9H2,1-4H3,(H,15,16). The van der Waals surface area contributed by atoms with E-state index in [2.05, 4.69) is 0 Å². The molecule has 1 atom stereocenters. The average molecular weight is 304 g/mol. The van der Waals surface area contributed by atoms with E-state index in [4.69, 9.17) is 9.84 Å². The van der Waals surface area contributed by atoms with Crippen molar-refractivity contribution in [3.63, 3.8) is 0 Å². The van der Waals surface area contributed by atoms with E-state index in [0.717, 1.165) is 0 Å². The van der Waals surface area contributed by atoms with Gasteiger partial charge in [0.05, 0.1) is 28.6 Å². The predicted octanol–water partition coefficient (Wildman–Crippen LogP) is 2.00. The van der Waals surface area contributed by atoms with Gasteiger partial charge in [-0.25, -0.2) is 8.42 Å². The van der Waals surface area contributed by atoms with Gasteiger partial charge in [0.25, 0.3) is 0 Å². The molecule has 2 aliphatic rings. The van der Waals surface area contributed by atoms with Crippen molar-refractivity contribution in [3.05, 3.63) is 0 Å². The van der Waals surface area contributed by atoms with Gasteiger partial charge in [-0.2, -0.15) is 0 Å². The summed E-state index contributed by atoms with van der Waals surface area (Å²) in [5, 5.41) is 8.36. The smallest absolute Gasteiger partial charge is 0.303 e. The quantitative estimate of drug-likeness (QED) is 0.840. The minimum atomic E-state index is -3.37. The zero-order valence-corrected chi connectivity index (χ0v) is 13.4. The Morgan fingerprint density at radius 2 is 1.80 bits per heavy atom. The van der Waals surface area contributed by atoms with Crippen molar-refractivity contribution in [3.8, 4) is 0 Å². The minimum absolute atomic E-state index is 0.0279. The maximum Gasteiger partial charge on any atom is 0.303 e. The SMILES string of the molecule is CC1(C)CC(S(=O)(=O)CC2(CC(=O)O)CC2)C(C)(C)O1. The molecular formula is C14H24O5S. The molecule has 1 N–H and O–H groups in total. The van der Waals surface area contributed by atoms with Crippen LogP contribution in [0.2, 0.25) is 0 Å². The second-order valence-electron chi connectivity index (χ2n) is 7.54. The molecule has 116 valence electrons. The van der Waals surface area contributed by atoms with E-state index in [1.165, 1.54) is 0 Å². The average Bonchev–Trinajstić information content (AvgIpc) is 2.84. The van der Waals surface area contributed by atoms with Crippen molar-refractivity contribution in [1.82, 2.24) is 0 Å². The van der Waals surface area contributed by atoms with Crippen LogP contribution in [0.15, 0.2) is 0 Å². The van der Waals surface area contributed by atoms with E-state index in [1.807, 2.05) is 13.8 Å². The van der Waals surface area contributed by atoms with Crippen LogP contribution < -0.4 is 0 Å². The fourth-order valence-electron chi connectivity index (χ4n) is 3.47. The summed E-state index contributed by atoms with van der Waals surface area (Å²) in [4.78, 5) is 10.9. The zero-order chi connectivity index (χ0) is 15.4. The van der Waals surface area contributed by atoms with E-state index in [0.29, 0.717) is 19.3 Å². The number of hydrogen-bond acceptors (Lipinski definition) is 4. The molecule has 1 saturated carbocycles. The number of carboxylic acids is 1. The summed E-state index contributed by atoms with van der Waals surface area (Å²) >= 11 is 0. The topological polar surface area (TPSA) is 80.7 Å². The Labute approximate surface area is 120 Å². The van der Waals surface area contributed by atoms with E-state index in [-0.39, 0.29) is 12.2 Å². The Balaban J connectivity index is 2.17. The van der Waals surface area contributed by atoms with Crippen LogP contribution in [0.5, 0.6) is 0 Å². The number of carboxylic acid groups (broad SMARTS) is 1. The normalized spacial score (nSPS) is 30.1. The highest BCUT2D eigenvalue weighted by Gasteiger charge is 2.56. The second-order valence-corrected chi connectivity index (χ2v) is 9.72. The van der Waals surface area contributed by atoms with Crippen LogP contribution in [0.3, 0.4) is 0 Å². The summed E-state index contributed by atoms with van der Waals surface area (Å²) in [6.07, 6.45) is 1.79. The maximum absolute atomic E-state index is 12.7. The first-order valence-corrected chi connectivity index (χ1v) is 8.73. The monoisotopic (exact) mass is 304 g/mol.